The van der Waals surface area contributed by atoms with Crippen molar-refractivity contribution in [1.82, 2.24) is 4.31 Å². The van der Waals surface area contributed by atoms with Gasteiger partial charge in [0.25, 0.3) is 0 Å². The maximum Gasteiger partial charge on any atom is 0.214 e. The third-order valence-corrected chi connectivity index (χ3v) is 5.17. The summed E-state index contributed by atoms with van der Waals surface area (Å²) < 4.78 is 25.2. The maximum absolute atomic E-state index is 11.8. The molecule has 0 aromatic rings. The fourth-order valence-corrected chi connectivity index (χ4v) is 3.45. The van der Waals surface area contributed by atoms with E-state index < -0.39 is 10.0 Å². The van der Waals surface area contributed by atoms with E-state index in [-0.39, 0.29) is 12.4 Å². The summed E-state index contributed by atoms with van der Waals surface area (Å²) in [6.07, 6.45) is 1.28. The summed E-state index contributed by atoms with van der Waals surface area (Å²) in [6, 6.07) is 0. The minimum Gasteiger partial charge on any atom is -0.396 e. The van der Waals surface area contributed by atoms with Crippen molar-refractivity contribution in [2.75, 3.05) is 25.4 Å². The molecule has 0 radical (unpaired) electrons. The largest absolute Gasteiger partial charge is 0.396 e. The van der Waals surface area contributed by atoms with Crippen LogP contribution in [-0.4, -0.2) is 43.3 Å². The zero-order chi connectivity index (χ0) is 11.5. The minimum atomic E-state index is -3.13. The van der Waals surface area contributed by atoms with Crippen molar-refractivity contribution in [1.29, 1.82) is 0 Å². The van der Waals surface area contributed by atoms with Crippen molar-refractivity contribution in [3.63, 3.8) is 0 Å². The molecule has 15 heavy (non-hydrogen) atoms. The van der Waals surface area contributed by atoms with Crippen LogP contribution in [-0.2, 0) is 10.0 Å². The van der Waals surface area contributed by atoms with E-state index in [0.29, 0.717) is 31.3 Å². The fraction of sp³-hybridized carbons (Fsp3) is 1.00. The summed E-state index contributed by atoms with van der Waals surface area (Å²) in [5.74, 6) is 1.11. The van der Waals surface area contributed by atoms with Crippen LogP contribution in [0, 0.1) is 11.8 Å². The molecule has 0 spiro atoms. The summed E-state index contributed by atoms with van der Waals surface area (Å²) in [6.45, 7) is 5.48. The number of sulfonamides is 1. The predicted octanol–water partition coefficient (Wildman–Crippen LogP) is 0.676. The molecule has 0 amide bonds. The molecule has 0 bridgehead atoms. The van der Waals surface area contributed by atoms with Crippen LogP contribution < -0.4 is 0 Å². The van der Waals surface area contributed by atoms with E-state index in [1.807, 2.05) is 0 Å². The lowest BCUT2D eigenvalue weighted by atomic mass is 9.90. The summed E-state index contributed by atoms with van der Waals surface area (Å²) in [5, 5.41) is 8.64. The highest BCUT2D eigenvalue weighted by Crippen LogP contribution is 2.24. The second kappa shape index (κ2) is 5.27. The van der Waals surface area contributed by atoms with Crippen LogP contribution >= 0.6 is 0 Å². The first-order chi connectivity index (χ1) is 6.97. The first kappa shape index (κ1) is 12.9. The van der Waals surface area contributed by atoms with Gasteiger partial charge in [-0.25, -0.2) is 12.7 Å². The number of aliphatic hydroxyl groups is 1. The van der Waals surface area contributed by atoms with Gasteiger partial charge < -0.3 is 5.11 Å². The Labute approximate surface area is 92.3 Å². The van der Waals surface area contributed by atoms with Crippen molar-refractivity contribution in [2.24, 2.45) is 11.8 Å². The van der Waals surface area contributed by atoms with Gasteiger partial charge in [0.05, 0.1) is 5.75 Å². The number of hydrogen-bond acceptors (Lipinski definition) is 3. The van der Waals surface area contributed by atoms with Gasteiger partial charge >= 0.3 is 0 Å². The lowest BCUT2D eigenvalue weighted by Crippen LogP contribution is -2.43. The Bertz CT molecular complexity index is 289. The van der Waals surface area contributed by atoms with Gasteiger partial charge in [-0.2, -0.15) is 0 Å². The van der Waals surface area contributed by atoms with E-state index >= 15 is 0 Å². The average molecular weight is 235 g/mol. The Morgan fingerprint density at radius 3 is 2.53 bits per heavy atom. The maximum atomic E-state index is 11.8. The molecule has 1 aliphatic rings. The third kappa shape index (κ3) is 3.43. The molecule has 1 fully saturated rings. The molecule has 1 rings (SSSR count). The van der Waals surface area contributed by atoms with E-state index in [1.165, 1.54) is 0 Å². The normalized spacial score (nSPS) is 29.3. The molecule has 1 saturated heterocycles. The van der Waals surface area contributed by atoms with Crippen LogP contribution in [0.2, 0.25) is 0 Å². The van der Waals surface area contributed by atoms with Gasteiger partial charge in [0.15, 0.2) is 0 Å². The number of aliphatic hydroxyl groups excluding tert-OH is 1. The summed E-state index contributed by atoms with van der Waals surface area (Å²) in [5.41, 5.74) is 0. The van der Waals surface area contributed by atoms with Crippen LogP contribution in [0.5, 0.6) is 0 Å². The monoisotopic (exact) mass is 235 g/mol. The molecular weight excluding hydrogens is 214 g/mol. The number of nitrogens with zero attached hydrogens (tertiary/aromatic N) is 1. The molecule has 1 aliphatic heterocycles. The summed E-state index contributed by atoms with van der Waals surface area (Å²) in [4.78, 5) is 0. The standard InChI is InChI=1S/C10H21NO3S/c1-9-4-5-11(8-10(9)2)15(13,14)7-3-6-12/h9-10,12H,3-8H2,1-2H3. The van der Waals surface area contributed by atoms with E-state index in [1.54, 1.807) is 4.31 Å². The van der Waals surface area contributed by atoms with Gasteiger partial charge in [0.1, 0.15) is 0 Å². The summed E-state index contributed by atoms with van der Waals surface area (Å²) in [7, 11) is -3.13. The predicted molar refractivity (Wildman–Crippen MR) is 60.0 cm³/mol. The Morgan fingerprint density at radius 1 is 1.33 bits per heavy atom. The van der Waals surface area contributed by atoms with E-state index in [2.05, 4.69) is 13.8 Å². The van der Waals surface area contributed by atoms with Gasteiger partial charge in [0.2, 0.25) is 10.0 Å². The molecule has 0 aromatic heterocycles. The molecule has 1 N–H and O–H groups in total. The second-order valence-electron chi connectivity index (χ2n) is 4.49. The molecule has 90 valence electrons. The van der Waals surface area contributed by atoms with Crippen LogP contribution in [0.4, 0.5) is 0 Å². The zero-order valence-electron chi connectivity index (χ0n) is 9.52. The van der Waals surface area contributed by atoms with Gasteiger partial charge in [-0.1, -0.05) is 13.8 Å². The Balaban J connectivity index is 2.57. The van der Waals surface area contributed by atoms with Gasteiger partial charge in [-0.05, 0) is 24.7 Å². The highest BCUT2D eigenvalue weighted by atomic mass is 32.2. The topological polar surface area (TPSA) is 57.6 Å². The average Bonchev–Trinajstić information content (AvgIpc) is 2.19. The fourth-order valence-electron chi connectivity index (χ4n) is 1.85. The lowest BCUT2D eigenvalue weighted by Gasteiger charge is -2.34. The highest BCUT2D eigenvalue weighted by molar-refractivity contribution is 7.89. The van der Waals surface area contributed by atoms with E-state index in [4.69, 9.17) is 5.11 Å². The molecular formula is C10H21NO3S. The van der Waals surface area contributed by atoms with E-state index in [0.717, 1.165) is 6.42 Å². The van der Waals surface area contributed by atoms with Gasteiger partial charge in [-0.3, -0.25) is 0 Å². The molecule has 1 heterocycles. The van der Waals surface area contributed by atoms with E-state index in [9.17, 15) is 8.42 Å². The van der Waals surface area contributed by atoms with Gasteiger partial charge in [-0.15, -0.1) is 0 Å². The highest BCUT2D eigenvalue weighted by Gasteiger charge is 2.29. The molecule has 4 nitrogen and oxygen atoms in total. The molecule has 5 heteroatoms. The Hall–Kier alpha value is -0.130. The van der Waals surface area contributed by atoms with Crippen LogP contribution in [0.25, 0.3) is 0 Å². The molecule has 2 atom stereocenters. The van der Waals surface area contributed by atoms with Crippen molar-refractivity contribution < 1.29 is 13.5 Å². The SMILES string of the molecule is CC1CCN(S(=O)(=O)CCCO)CC1C. The molecule has 2 unspecified atom stereocenters. The zero-order valence-corrected chi connectivity index (χ0v) is 10.3. The first-order valence-electron chi connectivity index (χ1n) is 5.56. The molecule has 0 aliphatic carbocycles. The quantitative estimate of drug-likeness (QED) is 0.779. The van der Waals surface area contributed by atoms with Crippen molar-refractivity contribution in [2.45, 2.75) is 26.7 Å². The Kier molecular flexibility index (Phi) is 4.55. The molecule has 0 aromatic carbocycles. The smallest absolute Gasteiger partial charge is 0.214 e. The summed E-state index contributed by atoms with van der Waals surface area (Å²) >= 11 is 0. The number of rotatable bonds is 4. The van der Waals surface area contributed by atoms with Crippen molar-refractivity contribution >= 4 is 10.0 Å². The van der Waals surface area contributed by atoms with Crippen LogP contribution in [0.1, 0.15) is 26.7 Å². The Morgan fingerprint density at radius 2 is 2.00 bits per heavy atom. The lowest BCUT2D eigenvalue weighted by molar-refractivity contribution is 0.212. The van der Waals surface area contributed by atoms with Crippen molar-refractivity contribution in [3.05, 3.63) is 0 Å². The number of piperidine rings is 1. The third-order valence-electron chi connectivity index (χ3n) is 3.25. The van der Waals surface area contributed by atoms with Crippen LogP contribution in [0.3, 0.4) is 0 Å². The number of hydrogen-bond donors (Lipinski definition) is 1. The van der Waals surface area contributed by atoms with Gasteiger partial charge in [0, 0.05) is 19.7 Å². The van der Waals surface area contributed by atoms with Crippen LogP contribution in [0.15, 0.2) is 0 Å². The van der Waals surface area contributed by atoms with Crippen molar-refractivity contribution in [3.8, 4) is 0 Å². The minimum absolute atomic E-state index is 0.0565. The first-order valence-corrected chi connectivity index (χ1v) is 7.17. The molecule has 0 saturated carbocycles. The second-order valence-corrected chi connectivity index (χ2v) is 6.58.